The van der Waals surface area contributed by atoms with Crippen molar-refractivity contribution < 1.29 is 8.83 Å². The molecule has 0 fully saturated rings. The van der Waals surface area contributed by atoms with Crippen molar-refractivity contribution in [1.82, 2.24) is 0 Å². The van der Waals surface area contributed by atoms with Crippen molar-refractivity contribution in [3.8, 4) is 66.8 Å². The predicted octanol–water partition coefficient (Wildman–Crippen LogP) is 31.9. The molecule has 4 heteroatoms. The highest BCUT2D eigenvalue weighted by molar-refractivity contribution is 6.19. The highest BCUT2D eigenvalue weighted by atomic mass is 16.3. The molecule has 0 radical (unpaired) electrons. The van der Waals surface area contributed by atoms with Crippen LogP contribution in [0, 0.1) is 0 Å². The summed E-state index contributed by atoms with van der Waals surface area (Å²) in [4.78, 5) is 4.84. The Morgan fingerprint density at radius 2 is 0.624 bits per heavy atom. The molecule has 0 spiro atoms. The van der Waals surface area contributed by atoms with E-state index in [-0.39, 0.29) is 5.92 Å². The van der Waals surface area contributed by atoms with Crippen LogP contribution in [0.15, 0.2) is 427 Å². The van der Waals surface area contributed by atoms with Crippen LogP contribution < -0.4 is 9.80 Å². The lowest BCUT2D eigenvalue weighted by Gasteiger charge is -2.28. The van der Waals surface area contributed by atoms with Crippen molar-refractivity contribution in [2.24, 2.45) is 0 Å². The zero-order valence-corrected chi connectivity index (χ0v) is 63.6. The highest BCUT2D eigenvalue weighted by Crippen LogP contribution is 2.57. The first-order valence-electron chi connectivity index (χ1n) is 40.4. The van der Waals surface area contributed by atoms with Gasteiger partial charge in [0.2, 0.25) is 0 Å². The SMILES string of the molecule is C1=C(c2cc(-c3ccc(-c4ccc(N(c5cccc(-c6cccc7ccccc67)c5)c5ccccc5-c5cccc6c5oc5c7ccccc7ccc65)cc4)cc3)c3ccccc3c2)C2=C[C@H]2c2c1ccc1c2oc2c(-c3ccccc3N(c3ccc(-c4ccc5ccccc5c4)cc3)c3ccc4c(ccc5ccccc54)c3)cccc21. The van der Waals surface area contributed by atoms with Crippen LogP contribution in [-0.4, -0.2) is 0 Å². The van der Waals surface area contributed by atoms with Gasteiger partial charge in [0, 0.05) is 83.4 Å². The molecule has 20 aromatic carbocycles. The molecule has 4 nitrogen and oxygen atoms in total. The predicted molar refractivity (Wildman–Crippen MR) is 493 cm³/mol. The van der Waals surface area contributed by atoms with Crippen molar-refractivity contribution in [3.05, 3.63) is 435 Å². The fourth-order valence-corrected chi connectivity index (χ4v) is 19.0. The average Bonchev–Trinajstić information content (AvgIpc) is 1.53. The average molecular weight is 1490 g/mol. The van der Waals surface area contributed by atoms with Gasteiger partial charge in [0.05, 0.1) is 11.4 Å². The van der Waals surface area contributed by atoms with Crippen molar-refractivity contribution in [1.29, 1.82) is 0 Å². The highest BCUT2D eigenvalue weighted by Gasteiger charge is 2.38. The van der Waals surface area contributed by atoms with Gasteiger partial charge in [0.25, 0.3) is 0 Å². The lowest BCUT2D eigenvalue weighted by Crippen LogP contribution is -2.11. The smallest absolute Gasteiger partial charge is 0.143 e. The minimum atomic E-state index is 0.125. The fourth-order valence-electron chi connectivity index (χ4n) is 19.0. The zero-order chi connectivity index (χ0) is 76.8. The number of benzene rings is 20. The third kappa shape index (κ3) is 11.0. The van der Waals surface area contributed by atoms with Crippen LogP contribution in [0.3, 0.4) is 0 Å². The van der Waals surface area contributed by atoms with Crippen LogP contribution >= 0.6 is 0 Å². The molecule has 24 rings (SSSR count). The Hall–Kier alpha value is -15.4. The molecule has 117 heavy (non-hydrogen) atoms. The molecule has 2 heterocycles. The summed E-state index contributed by atoms with van der Waals surface area (Å²) in [7, 11) is 0. The summed E-state index contributed by atoms with van der Waals surface area (Å²) in [5.74, 6) is 0.125. The first-order valence-corrected chi connectivity index (χ1v) is 40.4. The van der Waals surface area contributed by atoms with Crippen LogP contribution in [0.5, 0.6) is 0 Å². The van der Waals surface area contributed by atoms with E-state index in [9.17, 15) is 0 Å². The minimum Gasteiger partial charge on any atom is -0.455 e. The van der Waals surface area contributed by atoms with Gasteiger partial charge in [-0.3, -0.25) is 0 Å². The van der Waals surface area contributed by atoms with Crippen molar-refractivity contribution in [3.63, 3.8) is 0 Å². The normalized spacial score (nSPS) is 13.1. The minimum absolute atomic E-state index is 0.125. The first kappa shape index (κ1) is 66.3. The first-order chi connectivity index (χ1) is 58.0. The van der Waals surface area contributed by atoms with Gasteiger partial charge in [-0.15, -0.1) is 0 Å². The van der Waals surface area contributed by atoms with Crippen LogP contribution in [-0.2, 0) is 0 Å². The maximum absolute atomic E-state index is 7.43. The standard InChI is InChI=1S/C113H70N2O2/c1-2-23-78-63-79(47-43-70(78)19-1)73-51-57-86(58-52-73)115(88-59-62-93-82(66-88)48-46-75-21-4-8-29-90(75)93)108-40-14-12-33-96(108)98-36-18-38-100-102-61-54-83-67-104(105-69-106(105)109(83)113(102)117-112(98)100)84-64-80-24-6-9-30-92(80)103(68-84)77-44-41-71(42-45-77)72-49-55-85(56-50-72)114(87-27-15-26-81(65-87)91-34-16-25-74-20-3-7-28-89(74)91)107-39-13-11-32-95(107)97-35-17-37-99-101-60-53-76-22-5-10-31-94(76)110(101)116-111(97)99/h1-69,106H/t106-/m1/s1. The number of para-hydroxylation sites is 4. The summed E-state index contributed by atoms with van der Waals surface area (Å²) in [6.07, 6.45) is 4.85. The third-order valence-electron chi connectivity index (χ3n) is 24.7. The second kappa shape index (κ2) is 26.6. The molecule has 0 saturated heterocycles. The van der Waals surface area contributed by atoms with E-state index >= 15 is 0 Å². The van der Waals surface area contributed by atoms with Crippen molar-refractivity contribution >= 4 is 154 Å². The number of nitrogens with zero attached hydrogens (tertiary/aromatic N) is 2. The Morgan fingerprint density at radius 3 is 1.33 bits per heavy atom. The monoisotopic (exact) mass is 1490 g/mol. The molecule has 2 aromatic heterocycles. The van der Waals surface area contributed by atoms with E-state index in [1.54, 1.807) is 0 Å². The molecule has 2 aliphatic rings. The van der Waals surface area contributed by atoms with Crippen molar-refractivity contribution in [2.75, 3.05) is 9.80 Å². The van der Waals surface area contributed by atoms with E-state index in [0.717, 1.165) is 128 Å². The second-order valence-corrected chi connectivity index (χ2v) is 31.3. The summed E-state index contributed by atoms with van der Waals surface area (Å²) in [6, 6.07) is 149. The van der Waals surface area contributed by atoms with E-state index in [1.807, 2.05) is 0 Å². The quantitative estimate of drug-likeness (QED) is 0.108. The summed E-state index contributed by atoms with van der Waals surface area (Å²) in [5, 5.41) is 18.9. The largest absolute Gasteiger partial charge is 0.455 e. The lowest BCUT2D eigenvalue weighted by atomic mass is 9.85. The Kier molecular flexibility index (Phi) is 15.1. The van der Waals surface area contributed by atoms with Crippen LogP contribution in [0.4, 0.5) is 34.1 Å². The summed E-state index contributed by atoms with van der Waals surface area (Å²) in [6.45, 7) is 0. The van der Waals surface area contributed by atoms with Crippen LogP contribution in [0.2, 0.25) is 0 Å². The maximum Gasteiger partial charge on any atom is 0.143 e. The summed E-state index contributed by atoms with van der Waals surface area (Å²) in [5.41, 5.74) is 29.7. The topological polar surface area (TPSA) is 32.8 Å². The lowest BCUT2D eigenvalue weighted by molar-refractivity contribution is 0.664. The number of furan rings is 2. The van der Waals surface area contributed by atoms with Gasteiger partial charge in [-0.25, -0.2) is 0 Å². The van der Waals surface area contributed by atoms with E-state index < -0.39 is 0 Å². The molecule has 0 bridgehead atoms. The second-order valence-electron chi connectivity index (χ2n) is 31.3. The molecule has 2 aliphatic carbocycles. The number of hydrogen-bond donors (Lipinski definition) is 0. The fraction of sp³-hybridized carbons (Fsp3) is 0.00885. The maximum atomic E-state index is 7.43. The molecule has 0 aliphatic heterocycles. The molecule has 1 atom stereocenters. The Morgan fingerprint density at radius 1 is 0.205 bits per heavy atom. The molecular formula is C113H70N2O2. The van der Waals surface area contributed by atoms with Gasteiger partial charge < -0.3 is 18.6 Å². The van der Waals surface area contributed by atoms with Gasteiger partial charge >= 0.3 is 0 Å². The molecule has 22 aromatic rings. The Bertz CT molecular complexity index is 7950. The third-order valence-corrected chi connectivity index (χ3v) is 24.7. The van der Waals surface area contributed by atoms with Crippen LogP contribution in [0.1, 0.15) is 22.6 Å². The van der Waals surface area contributed by atoms with Gasteiger partial charge in [-0.2, -0.15) is 0 Å². The number of anilines is 6. The Labute approximate surface area is 675 Å². The number of rotatable bonds is 13. The van der Waals surface area contributed by atoms with Gasteiger partial charge in [0.15, 0.2) is 0 Å². The van der Waals surface area contributed by atoms with Crippen LogP contribution in [0.25, 0.3) is 187 Å². The molecule has 0 amide bonds. The van der Waals surface area contributed by atoms with E-state index in [4.69, 9.17) is 8.83 Å². The summed E-state index contributed by atoms with van der Waals surface area (Å²) >= 11 is 0. The number of allylic oxidation sites excluding steroid dienone is 3. The molecular weight excluding hydrogens is 1420 g/mol. The van der Waals surface area contributed by atoms with E-state index in [0.29, 0.717) is 0 Å². The van der Waals surface area contributed by atoms with E-state index in [1.165, 1.54) is 110 Å². The van der Waals surface area contributed by atoms with Crippen molar-refractivity contribution in [2.45, 2.75) is 5.92 Å². The molecule has 0 N–H and O–H groups in total. The summed E-state index contributed by atoms with van der Waals surface area (Å²) < 4.78 is 14.5. The molecule has 0 unspecified atom stereocenters. The van der Waals surface area contributed by atoms with Gasteiger partial charge in [0.1, 0.15) is 22.3 Å². The number of fused-ring (bicyclic) bond motifs is 18. The van der Waals surface area contributed by atoms with E-state index in [2.05, 4.69) is 428 Å². The van der Waals surface area contributed by atoms with Gasteiger partial charge in [-0.1, -0.05) is 322 Å². The zero-order valence-electron chi connectivity index (χ0n) is 63.6. The Balaban J connectivity index is 0.567. The molecule has 544 valence electrons. The van der Waals surface area contributed by atoms with Gasteiger partial charge in [-0.05, 0) is 223 Å². The molecule has 0 saturated carbocycles. The number of hydrogen-bond acceptors (Lipinski definition) is 4.